The minimum Gasteiger partial charge on any atom is -0.449 e. The molecule has 68 heavy (non-hydrogen) atoms. The number of aryl methyl sites for hydroxylation is 4. The van der Waals surface area contributed by atoms with Gasteiger partial charge in [0.15, 0.2) is 23.0 Å². The van der Waals surface area contributed by atoms with Crippen LogP contribution in [-0.4, -0.2) is 17.4 Å². The van der Waals surface area contributed by atoms with Gasteiger partial charge in [0.05, 0.1) is 22.1 Å². The van der Waals surface area contributed by atoms with Gasteiger partial charge in [-0.05, 0) is 108 Å². The zero-order valence-corrected chi connectivity index (χ0v) is 43.1. The van der Waals surface area contributed by atoms with Gasteiger partial charge in [-0.2, -0.15) is 0 Å². The second kappa shape index (κ2) is 15.9. The van der Waals surface area contributed by atoms with Crippen molar-refractivity contribution in [2.24, 2.45) is 0 Å². The highest BCUT2D eigenvalue weighted by atomic mass is 31.2. The Morgan fingerprint density at radius 1 is 0.426 bits per heavy atom. The molecule has 7 nitrogen and oxygen atoms in total. The van der Waals surface area contributed by atoms with Gasteiger partial charge in [-0.1, -0.05) is 140 Å². The first-order valence-corrected chi connectivity index (χ1v) is 26.0. The van der Waals surface area contributed by atoms with E-state index in [9.17, 15) is 0 Å². The lowest BCUT2D eigenvalue weighted by atomic mass is 9.72. The molecule has 0 saturated carbocycles. The van der Waals surface area contributed by atoms with Crippen molar-refractivity contribution < 1.29 is 13.8 Å². The van der Waals surface area contributed by atoms with Crippen molar-refractivity contribution in [1.29, 1.82) is 0 Å². The van der Waals surface area contributed by atoms with Crippen LogP contribution in [-0.2, 0) is 16.2 Å². The number of para-hydroxylation sites is 4. The van der Waals surface area contributed by atoms with Crippen molar-refractivity contribution in [2.75, 3.05) is 0 Å². The number of nitrogens with zero attached hydrogens (tertiary/aromatic N) is 4. The van der Waals surface area contributed by atoms with Gasteiger partial charge in [0.25, 0.3) is 0 Å². The molecule has 0 aliphatic carbocycles. The molecule has 0 amide bonds. The number of ether oxygens (including phenoxy) is 1. The third kappa shape index (κ3) is 7.15. The second-order valence-corrected chi connectivity index (χ2v) is 24.4. The normalized spacial score (nSPS) is 13.8. The number of rotatable bonds is 8. The Bertz CT molecular complexity index is 3230. The maximum absolute atomic E-state index is 7.73. The Kier molecular flexibility index (Phi) is 10.4. The first-order chi connectivity index (χ1) is 32.4. The fourth-order valence-electron chi connectivity index (χ4n) is 10.0. The van der Waals surface area contributed by atoms with E-state index in [1.165, 1.54) is 54.9 Å². The molecule has 5 heterocycles. The molecule has 0 radical (unpaired) electrons. The van der Waals surface area contributed by atoms with Gasteiger partial charge >= 0.3 is 16.9 Å². The highest BCUT2D eigenvalue weighted by Crippen LogP contribution is 2.61. The fourth-order valence-corrected chi connectivity index (χ4v) is 13.9. The molecule has 1 aliphatic rings. The highest BCUT2D eigenvalue weighted by molar-refractivity contribution is 7.50. The van der Waals surface area contributed by atoms with E-state index in [2.05, 4.69) is 247 Å². The number of aromatic nitrogens is 4. The van der Waals surface area contributed by atoms with Gasteiger partial charge in [-0.15, -0.1) is 0 Å². The third-order valence-corrected chi connectivity index (χ3v) is 17.6. The van der Waals surface area contributed by atoms with Crippen molar-refractivity contribution in [3.8, 4) is 23.0 Å². The molecule has 1 aliphatic heterocycles. The number of hydrogen-bond donors (Lipinski definition) is 0. The van der Waals surface area contributed by atoms with Gasteiger partial charge in [-0.3, -0.25) is 17.4 Å². The third-order valence-electron chi connectivity index (χ3n) is 14.1. The minimum absolute atomic E-state index is 0.188. The van der Waals surface area contributed by atoms with E-state index in [4.69, 9.17) is 13.8 Å². The Morgan fingerprint density at radius 3 is 0.985 bits per heavy atom. The molecule has 0 bridgehead atoms. The van der Waals surface area contributed by atoms with Crippen LogP contribution in [0.2, 0.25) is 0 Å². The Hall–Kier alpha value is -6.26. The summed E-state index contributed by atoms with van der Waals surface area (Å²) in [5.41, 5.74) is 12.9. The molecule has 0 atom stereocenters. The summed E-state index contributed by atoms with van der Waals surface area (Å²) in [6.45, 7) is 27.1. The van der Waals surface area contributed by atoms with Crippen LogP contribution in [0.5, 0.6) is 23.0 Å². The summed E-state index contributed by atoms with van der Waals surface area (Å²) in [4.78, 5) is 0. The molecule has 4 aromatic heterocycles. The second-order valence-electron chi connectivity index (χ2n) is 21.3. The summed E-state index contributed by atoms with van der Waals surface area (Å²) < 4.78 is 32.4. The molecule has 10 aromatic rings. The summed E-state index contributed by atoms with van der Waals surface area (Å²) in [6.07, 6.45) is 9.01. The van der Waals surface area contributed by atoms with Crippen molar-refractivity contribution in [3.63, 3.8) is 0 Å². The zero-order valence-electron chi connectivity index (χ0n) is 41.3. The smallest absolute Gasteiger partial charge is 0.318 e. The van der Waals surface area contributed by atoms with Crippen molar-refractivity contribution in [1.82, 2.24) is 17.4 Å². The summed E-state index contributed by atoms with van der Waals surface area (Å²) in [5.74, 6) is 2.84. The largest absolute Gasteiger partial charge is 0.449 e. The Balaban J connectivity index is 1.14. The molecular weight excluding hydrogens is 875 g/mol. The van der Waals surface area contributed by atoms with Gasteiger partial charge in [0, 0.05) is 62.9 Å². The summed E-state index contributed by atoms with van der Waals surface area (Å²) >= 11 is 0. The van der Waals surface area contributed by atoms with E-state index in [0.29, 0.717) is 23.0 Å². The molecule has 344 valence electrons. The van der Waals surface area contributed by atoms with Gasteiger partial charge in [0.2, 0.25) is 0 Å². The quantitative estimate of drug-likeness (QED) is 0.143. The van der Waals surface area contributed by atoms with Crippen molar-refractivity contribution in [3.05, 3.63) is 191 Å². The summed E-state index contributed by atoms with van der Waals surface area (Å²) in [5, 5.41) is 4.83. The van der Waals surface area contributed by atoms with Crippen LogP contribution in [0, 0.1) is 27.7 Å². The van der Waals surface area contributed by atoms with Crippen LogP contribution in [0.25, 0.3) is 43.6 Å². The van der Waals surface area contributed by atoms with E-state index >= 15 is 0 Å². The Morgan fingerprint density at radius 2 is 0.706 bits per heavy atom. The van der Waals surface area contributed by atoms with Gasteiger partial charge < -0.3 is 13.8 Å². The number of benzene rings is 6. The first kappa shape index (κ1) is 44.3. The van der Waals surface area contributed by atoms with Crippen LogP contribution in [0.4, 0.5) is 0 Å². The SMILES string of the molecule is Cc1cn(P(Oc2cc(C(C)(C)C)cc3c2Oc2c(OP(n4cc(C)c5ccccc54)n4cc(C)c5ccccc54)cc(C(C)(C)C)cc2C3(C)C)n2cc(C)c3ccccc32)c2ccccc12. The molecule has 0 unspecified atom stereocenters. The highest BCUT2D eigenvalue weighted by Gasteiger charge is 2.42. The molecule has 6 aromatic carbocycles. The van der Waals surface area contributed by atoms with Gasteiger partial charge in [0.1, 0.15) is 0 Å². The van der Waals surface area contributed by atoms with E-state index in [1.54, 1.807) is 0 Å². The molecular formula is C59H60N4O3P2. The zero-order chi connectivity index (χ0) is 47.6. The topological polar surface area (TPSA) is 47.4 Å². The van der Waals surface area contributed by atoms with Crippen molar-refractivity contribution >= 4 is 60.5 Å². The average Bonchev–Trinajstić information content (AvgIpc) is 4.04. The molecule has 0 fully saturated rings. The Labute approximate surface area is 402 Å². The van der Waals surface area contributed by atoms with Crippen LogP contribution in [0.1, 0.15) is 99.9 Å². The van der Waals surface area contributed by atoms with E-state index in [1.807, 2.05) is 0 Å². The molecule has 11 rings (SSSR count). The lowest BCUT2D eigenvalue weighted by molar-refractivity contribution is 0.382. The van der Waals surface area contributed by atoms with Crippen LogP contribution in [0.15, 0.2) is 146 Å². The molecule has 9 heteroatoms. The predicted molar refractivity (Wildman–Crippen MR) is 286 cm³/mol. The van der Waals surface area contributed by atoms with Crippen LogP contribution < -0.4 is 13.8 Å². The monoisotopic (exact) mass is 934 g/mol. The number of hydrogen-bond acceptors (Lipinski definition) is 3. The van der Waals surface area contributed by atoms with Crippen LogP contribution in [0.3, 0.4) is 0 Å². The first-order valence-electron chi connectivity index (χ1n) is 23.7. The van der Waals surface area contributed by atoms with Gasteiger partial charge in [-0.25, -0.2) is 0 Å². The summed E-state index contributed by atoms with van der Waals surface area (Å²) in [7, 11) is -3.12. The lowest BCUT2D eigenvalue weighted by Gasteiger charge is -2.39. The van der Waals surface area contributed by atoms with E-state index in [0.717, 1.165) is 33.2 Å². The molecule has 0 N–H and O–H groups in total. The molecule has 0 spiro atoms. The predicted octanol–water partition coefficient (Wildman–Crippen LogP) is 17.2. The van der Waals surface area contributed by atoms with Crippen molar-refractivity contribution in [2.45, 2.75) is 99.3 Å². The number of fused-ring (bicyclic) bond motifs is 6. The standard InChI is InChI=1S/C59H60N4O3P2/c1-37-33-60(49-25-17-13-21-43(37)49)67(61-34-38(2)44-22-14-18-26-50(44)61)65-53-31-41(57(5,6)7)29-47-55(53)64-56-48(59(47,11)12)30-42(58(8,9)10)32-54(56)66-68(62-35-39(3)45-23-15-19-27-51(45)62)63-36-40(4)46-24-16-20-28-52(46)63/h13-36H,1-12H3. The van der Waals surface area contributed by atoms with E-state index < -0.39 is 22.3 Å². The lowest BCUT2D eigenvalue weighted by Crippen LogP contribution is -2.27. The summed E-state index contributed by atoms with van der Waals surface area (Å²) in [6, 6.07) is 43.8. The minimum atomic E-state index is -1.56. The maximum atomic E-state index is 7.73. The maximum Gasteiger partial charge on any atom is 0.318 e. The van der Waals surface area contributed by atoms with E-state index in [-0.39, 0.29) is 10.8 Å². The fraction of sp³-hybridized carbons (Fsp3) is 0.254. The van der Waals surface area contributed by atoms with Crippen LogP contribution >= 0.6 is 16.9 Å². The molecule has 0 saturated heterocycles. The average molecular weight is 935 g/mol.